The molecule has 1 saturated heterocycles. The number of rotatable bonds is 3. The monoisotopic (exact) mass is 408 g/mol. The lowest BCUT2D eigenvalue weighted by atomic mass is 10.1. The molecule has 150 valence electrons. The number of fused-ring (bicyclic) bond motifs is 1. The molecule has 0 saturated carbocycles. The third-order valence-corrected chi connectivity index (χ3v) is 7.31. The maximum absolute atomic E-state index is 13.0. The van der Waals surface area contributed by atoms with Gasteiger partial charge in [0.25, 0.3) is 5.91 Å². The van der Waals surface area contributed by atoms with Crippen LogP contribution in [0.25, 0.3) is 10.8 Å². The number of carbonyl (C=O) groups excluding carboxylic acids is 1. The molecule has 1 amide bonds. The molecular formula is C23H24N2O3S. The van der Waals surface area contributed by atoms with Gasteiger partial charge in [-0.1, -0.05) is 48.0 Å². The molecule has 0 radical (unpaired) electrons. The van der Waals surface area contributed by atoms with Crippen LogP contribution in [0.2, 0.25) is 0 Å². The van der Waals surface area contributed by atoms with Gasteiger partial charge in [-0.05, 0) is 48.4 Å². The maximum Gasteiger partial charge on any atom is 0.253 e. The second kappa shape index (κ2) is 7.97. The van der Waals surface area contributed by atoms with Crippen LogP contribution < -0.4 is 0 Å². The molecule has 0 aliphatic carbocycles. The van der Waals surface area contributed by atoms with Crippen LogP contribution in [0.3, 0.4) is 0 Å². The fourth-order valence-corrected chi connectivity index (χ4v) is 5.17. The van der Waals surface area contributed by atoms with Crippen molar-refractivity contribution >= 4 is 26.7 Å². The van der Waals surface area contributed by atoms with Gasteiger partial charge in [0.2, 0.25) is 10.0 Å². The van der Waals surface area contributed by atoms with Gasteiger partial charge in [0.15, 0.2) is 0 Å². The summed E-state index contributed by atoms with van der Waals surface area (Å²) in [5, 5.41) is 2.12. The molecule has 3 aromatic carbocycles. The van der Waals surface area contributed by atoms with E-state index in [1.807, 2.05) is 49.4 Å². The SMILES string of the molecule is Cc1ccc(S(=O)(=O)N2CCCN(C(=O)c3ccc4ccccc4c3)CC2)cc1. The zero-order valence-electron chi connectivity index (χ0n) is 16.4. The molecule has 1 aliphatic heterocycles. The van der Waals surface area contributed by atoms with Crippen LogP contribution in [0.1, 0.15) is 22.3 Å². The molecule has 0 N–H and O–H groups in total. The lowest BCUT2D eigenvalue weighted by Gasteiger charge is -2.22. The molecule has 1 fully saturated rings. The summed E-state index contributed by atoms with van der Waals surface area (Å²) in [6.07, 6.45) is 0.615. The van der Waals surface area contributed by atoms with E-state index in [0.29, 0.717) is 43.1 Å². The first-order chi connectivity index (χ1) is 13.9. The first-order valence-corrected chi connectivity index (χ1v) is 11.2. The highest BCUT2D eigenvalue weighted by Crippen LogP contribution is 2.20. The molecule has 1 heterocycles. The number of benzene rings is 3. The molecule has 29 heavy (non-hydrogen) atoms. The van der Waals surface area contributed by atoms with Gasteiger partial charge in [-0.3, -0.25) is 4.79 Å². The second-order valence-electron chi connectivity index (χ2n) is 7.42. The van der Waals surface area contributed by atoms with Gasteiger partial charge >= 0.3 is 0 Å². The summed E-state index contributed by atoms with van der Waals surface area (Å²) in [5.74, 6) is -0.0506. The van der Waals surface area contributed by atoms with Crippen molar-refractivity contribution in [3.8, 4) is 0 Å². The van der Waals surface area contributed by atoms with Crippen LogP contribution in [0, 0.1) is 6.92 Å². The van der Waals surface area contributed by atoms with E-state index in [-0.39, 0.29) is 5.91 Å². The highest BCUT2D eigenvalue weighted by molar-refractivity contribution is 7.89. The fraction of sp³-hybridized carbons (Fsp3) is 0.261. The minimum atomic E-state index is -3.55. The second-order valence-corrected chi connectivity index (χ2v) is 9.36. The highest BCUT2D eigenvalue weighted by Gasteiger charge is 2.28. The molecule has 0 spiro atoms. The number of aryl methyl sites for hydroxylation is 1. The quantitative estimate of drug-likeness (QED) is 0.664. The van der Waals surface area contributed by atoms with Crippen molar-refractivity contribution in [2.24, 2.45) is 0 Å². The van der Waals surface area contributed by atoms with Crippen molar-refractivity contribution in [2.45, 2.75) is 18.2 Å². The lowest BCUT2D eigenvalue weighted by Crippen LogP contribution is -2.37. The van der Waals surface area contributed by atoms with Gasteiger partial charge in [-0.25, -0.2) is 8.42 Å². The first-order valence-electron chi connectivity index (χ1n) is 9.80. The Kier molecular flexibility index (Phi) is 5.39. The number of hydrogen-bond donors (Lipinski definition) is 0. The van der Waals surface area contributed by atoms with Crippen LogP contribution >= 0.6 is 0 Å². The Balaban J connectivity index is 1.50. The normalized spacial score (nSPS) is 16.0. The molecule has 5 nitrogen and oxygen atoms in total. The van der Waals surface area contributed by atoms with Crippen LogP contribution in [0.15, 0.2) is 71.6 Å². The van der Waals surface area contributed by atoms with Gasteiger partial charge in [0, 0.05) is 31.7 Å². The van der Waals surface area contributed by atoms with Crippen LogP contribution in [0.5, 0.6) is 0 Å². The van der Waals surface area contributed by atoms with E-state index < -0.39 is 10.0 Å². The van der Waals surface area contributed by atoms with Gasteiger partial charge in [-0.15, -0.1) is 0 Å². The Morgan fingerprint density at radius 2 is 1.55 bits per heavy atom. The van der Waals surface area contributed by atoms with Gasteiger partial charge in [-0.2, -0.15) is 4.31 Å². The Labute approximate surface area is 171 Å². The van der Waals surface area contributed by atoms with E-state index in [0.717, 1.165) is 16.3 Å². The van der Waals surface area contributed by atoms with E-state index in [2.05, 4.69) is 0 Å². The summed E-state index contributed by atoms with van der Waals surface area (Å²) >= 11 is 0. The Bertz CT molecular complexity index is 1140. The van der Waals surface area contributed by atoms with E-state index >= 15 is 0 Å². The largest absolute Gasteiger partial charge is 0.337 e. The Morgan fingerprint density at radius 3 is 2.31 bits per heavy atom. The summed E-state index contributed by atoms with van der Waals surface area (Å²) in [7, 11) is -3.55. The van der Waals surface area contributed by atoms with Crippen molar-refractivity contribution in [1.82, 2.24) is 9.21 Å². The zero-order valence-corrected chi connectivity index (χ0v) is 17.2. The molecule has 6 heteroatoms. The smallest absolute Gasteiger partial charge is 0.253 e. The third-order valence-electron chi connectivity index (χ3n) is 5.40. The van der Waals surface area contributed by atoms with Gasteiger partial charge in [0.1, 0.15) is 0 Å². The topological polar surface area (TPSA) is 57.7 Å². The molecule has 0 atom stereocenters. The van der Waals surface area contributed by atoms with Crippen LogP contribution in [-0.4, -0.2) is 49.7 Å². The summed E-state index contributed by atoms with van der Waals surface area (Å²) < 4.78 is 27.4. The van der Waals surface area contributed by atoms with E-state index in [1.54, 1.807) is 29.2 Å². The lowest BCUT2D eigenvalue weighted by molar-refractivity contribution is 0.0764. The highest BCUT2D eigenvalue weighted by atomic mass is 32.2. The maximum atomic E-state index is 13.0. The number of sulfonamides is 1. The molecule has 4 rings (SSSR count). The molecule has 0 bridgehead atoms. The average molecular weight is 409 g/mol. The summed E-state index contributed by atoms with van der Waals surface area (Å²) in [6, 6.07) is 20.5. The first kappa shape index (κ1) is 19.6. The van der Waals surface area contributed by atoms with Crippen LogP contribution in [0.4, 0.5) is 0 Å². The number of amides is 1. The Hall–Kier alpha value is -2.70. The minimum Gasteiger partial charge on any atom is -0.337 e. The van der Waals surface area contributed by atoms with Crippen LogP contribution in [-0.2, 0) is 10.0 Å². The molecular weight excluding hydrogens is 384 g/mol. The molecule has 1 aliphatic rings. The van der Waals surface area contributed by atoms with Crippen molar-refractivity contribution in [3.63, 3.8) is 0 Å². The standard InChI is InChI=1S/C23H24N2O3S/c1-18-7-11-22(12-8-18)29(27,28)25-14-4-13-24(15-16-25)23(26)21-10-9-19-5-2-3-6-20(19)17-21/h2-3,5-12,17H,4,13-16H2,1H3. The van der Waals surface area contributed by atoms with Crippen molar-refractivity contribution < 1.29 is 13.2 Å². The van der Waals surface area contributed by atoms with Crippen molar-refractivity contribution in [1.29, 1.82) is 0 Å². The summed E-state index contributed by atoms with van der Waals surface area (Å²) in [4.78, 5) is 15.1. The predicted molar refractivity (Wildman–Crippen MR) is 114 cm³/mol. The van der Waals surface area contributed by atoms with Gasteiger partial charge < -0.3 is 4.90 Å². The minimum absolute atomic E-state index is 0.0506. The molecule has 0 aromatic heterocycles. The number of hydrogen-bond acceptors (Lipinski definition) is 3. The number of carbonyl (C=O) groups is 1. The summed E-state index contributed by atoms with van der Waals surface area (Å²) in [6.45, 7) is 3.58. The van der Waals surface area contributed by atoms with E-state index in [9.17, 15) is 13.2 Å². The van der Waals surface area contributed by atoms with Crippen molar-refractivity contribution in [2.75, 3.05) is 26.2 Å². The van der Waals surface area contributed by atoms with Crippen molar-refractivity contribution in [3.05, 3.63) is 77.9 Å². The third kappa shape index (κ3) is 4.04. The zero-order chi connectivity index (χ0) is 20.4. The molecule has 3 aromatic rings. The summed E-state index contributed by atoms with van der Waals surface area (Å²) in [5.41, 5.74) is 1.66. The predicted octanol–water partition coefficient (Wildman–Crippen LogP) is 3.69. The van der Waals surface area contributed by atoms with E-state index in [1.165, 1.54) is 4.31 Å². The Morgan fingerprint density at radius 1 is 0.828 bits per heavy atom. The van der Waals surface area contributed by atoms with E-state index in [4.69, 9.17) is 0 Å². The fourth-order valence-electron chi connectivity index (χ4n) is 3.70. The molecule has 0 unspecified atom stereocenters. The number of nitrogens with zero attached hydrogens (tertiary/aromatic N) is 2. The van der Waals surface area contributed by atoms with Gasteiger partial charge in [0.05, 0.1) is 4.90 Å². The average Bonchev–Trinajstić information content (AvgIpc) is 3.00.